The predicted octanol–water partition coefficient (Wildman–Crippen LogP) is 3.53. The first-order valence-corrected chi connectivity index (χ1v) is 10.1. The van der Waals surface area contributed by atoms with Crippen LogP contribution in [0, 0.1) is 6.92 Å². The number of carbonyl (C=O) groups excluding carboxylic acids is 2. The lowest BCUT2D eigenvalue weighted by Crippen LogP contribution is -2.32. The normalized spacial score (nSPS) is 11.8. The molecule has 12 heteroatoms. The lowest BCUT2D eigenvalue weighted by molar-refractivity contribution is -0.199. The van der Waals surface area contributed by atoms with Gasteiger partial charge in [0.2, 0.25) is 0 Å². The fourth-order valence-corrected chi connectivity index (χ4v) is 3.71. The smallest absolute Gasteiger partial charge is 0.457 e. The maximum Gasteiger partial charge on any atom is 0.490 e. The minimum Gasteiger partial charge on any atom is -0.457 e. The minimum absolute atomic E-state index is 0.257. The number of nitrogens with zero attached hydrogens (tertiary/aromatic N) is 4. The first kappa shape index (κ1) is 22.6. The summed E-state index contributed by atoms with van der Waals surface area (Å²) in [6.45, 7) is 1.18. The highest BCUT2D eigenvalue weighted by Crippen LogP contribution is 2.24. The Morgan fingerprint density at radius 3 is 2.64 bits per heavy atom. The molecule has 8 nitrogen and oxygen atoms in total. The summed E-state index contributed by atoms with van der Waals surface area (Å²) in [4.78, 5) is 23.8. The molecular weight excluding hydrogens is 463 g/mol. The molecule has 0 fully saturated rings. The number of fused-ring (bicyclic) bond motifs is 3. The molecule has 3 heterocycles. The van der Waals surface area contributed by atoms with Crippen LogP contribution >= 0.6 is 11.6 Å². The van der Waals surface area contributed by atoms with Gasteiger partial charge in [0.05, 0.1) is 17.6 Å². The molecule has 4 aromatic rings. The Bertz CT molecular complexity index is 1360. The summed E-state index contributed by atoms with van der Waals surface area (Å²) in [6, 6.07) is 12.4. The van der Waals surface area contributed by atoms with Crippen LogP contribution in [0.4, 0.5) is 13.2 Å². The lowest BCUT2D eigenvalue weighted by atomic mass is 10.2. The number of ether oxygens (including phenoxy) is 1. The van der Waals surface area contributed by atoms with Gasteiger partial charge in [0.25, 0.3) is 5.91 Å². The van der Waals surface area contributed by atoms with Crippen LogP contribution < -0.4 is 5.32 Å². The summed E-state index contributed by atoms with van der Waals surface area (Å²) in [5.41, 5.74) is 3.11. The Morgan fingerprint density at radius 1 is 1.12 bits per heavy atom. The van der Waals surface area contributed by atoms with Gasteiger partial charge < -0.3 is 14.6 Å². The van der Waals surface area contributed by atoms with Crippen LogP contribution in [0.1, 0.15) is 21.9 Å². The second-order valence-electron chi connectivity index (χ2n) is 7.18. The van der Waals surface area contributed by atoms with E-state index >= 15 is 0 Å². The highest BCUT2D eigenvalue weighted by atomic mass is 35.5. The average molecular weight is 480 g/mol. The van der Waals surface area contributed by atoms with Crippen LogP contribution in [0.2, 0.25) is 5.02 Å². The van der Waals surface area contributed by atoms with E-state index in [1.165, 1.54) is 0 Å². The Morgan fingerprint density at radius 2 is 1.91 bits per heavy atom. The molecule has 4 rings (SSSR count). The fourth-order valence-electron chi connectivity index (χ4n) is 3.50. The van der Waals surface area contributed by atoms with E-state index < -0.39 is 24.7 Å². The third-order valence-corrected chi connectivity index (χ3v) is 5.15. The summed E-state index contributed by atoms with van der Waals surface area (Å²) < 4.78 is 44.4. The molecule has 0 atom stereocenters. The SMILES string of the molecule is Cc1nnc2ccc3c(cc(C(=O)NCCOC(=O)C(F)(F)F)n3Cc3cccc(Cl)c3)n12. The van der Waals surface area contributed by atoms with Crippen molar-refractivity contribution < 1.29 is 27.5 Å². The van der Waals surface area contributed by atoms with E-state index in [-0.39, 0.29) is 12.2 Å². The molecule has 33 heavy (non-hydrogen) atoms. The van der Waals surface area contributed by atoms with Crippen molar-refractivity contribution >= 4 is 40.2 Å². The van der Waals surface area contributed by atoms with Gasteiger partial charge in [-0.3, -0.25) is 9.20 Å². The van der Waals surface area contributed by atoms with E-state index in [2.05, 4.69) is 20.3 Å². The van der Waals surface area contributed by atoms with Crippen LogP contribution in [-0.2, 0) is 16.1 Å². The van der Waals surface area contributed by atoms with E-state index in [4.69, 9.17) is 11.6 Å². The van der Waals surface area contributed by atoms with Gasteiger partial charge in [0.15, 0.2) is 5.65 Å². The van der Waals surface area contributed by atoms with Crippen LogP contribution in [0.15, 0.2) is 42.5 Å². The van der Waals surface area contributed by atoms with E-state index in [9.17, 15) is 22.8 Å². The summed E-state index contributed by atoms with van der Waals surface area (Å²) in [7, 11) is 0. The number of esters is 1. The lowest BCUT2D eigenvalue weighted by Gasteiger charge is -2.12. The molecule has 0 aliphatic carbocycles. The molecular formula is C21H17ClF3N5O3. The van der Waals surface area contributed by atoms with E-state index in [0.717, 1.165) is 11.1 Å². The number of nitrogens with one attached hydrogen (secondary N) is 1. The van der Waals surface area contributed by atoms with Crippen molar-refractivity contribution in [3.05, 3.63) is 64.6 Å². The predicted molar refractivity (Wildman–Crippen MR) is 113 cm³/mol. The number of carbonyl (C=O) groups is 2. The van der Waals surface area contributed by atoms with Crippen LogP contribution in [-0.4, -0.2) is 50.4 Å². The van der Waals surface area contributed by atoms with E-state index in [0.29, 0.717) is 28.6 Å². The van der Waals surface area contributed by atoms with Crippen molar-refractivity contribution in [1.29, 1.82) is 0 Å². The summed E-state index contributed by atoms with van der Waals surface area (Å²) in [6.07, 6.45) is -5.09. The number of halogens is 4. The van der Waals surface area contributed by atoms with Gasteiger partial charge in [-0.2, -0.15) is 13.2 Å². The van der Waals surface area contributed by atoms with Crippen molar-refractivity contribution in [1.82, 2.24) is 24.5 Å². The fraction of sp³-hybridized carbons (Fsp3) is 0.238. The van der Waals surface area contributed by atoms with Crippen molar-refractivity contribution in [3.63, 3.8) is 0 Å². The monoisotopic (exact) mass is 479 g/mol. The Balaban J connectivity index is 1.65. The number of alkyl halides is 3. The van der Waals surface area contributed by atoms with Gasteiger partial charge in [-0.1, -0.05) is 23.7 Å². The molecule has 0 saturated heterocycles. The van der Waals surface area contributed by atoms with Crippen molar-refractivity contribution in [2.45, 2.75) is 19.6 Å². The zero-order chi connectivity index (χ0) is 23.8. The molecule has 0 unspecified atom stereocenters. The summed E-state index contributed by atoms with van der Waals surface area (Å²) in [5, 5.41) is 11.2. The maximum absolute atomic E-state index is 12.9. The Kier molecular flexibility index (Phi) is 5.98. The van der Waals surface area contributed by atoms with Gasteiger partial charge in [-0.05, 0) is 42.8 Å². The number of hydrogen-bond donors (Lipinski definition) is 1. The van der Waals surface area contributed by atoms with E-state index in [1.54, 1.807) is 46.2 Å². The van der Waals surface area contributed by atoms with Crippen LogP contribution in [0.3, 0.4) is 0 Å². The second kappa shape index (κ2) is 8.74. The molecule has 0 saturated carbocycles. The molecule has 0 bridgehead atoms. The summed E-state index contributed by atoms with van der Waals surface area (Å²) in [5.74, 6) is -2.23. The van der Waals surface area contributed by atoms with Gasteiger partial charge >= 0.3 is 12.1 Å². The third-order valence-electron chi connectivity index (χ3n) is 4.91. The highest BCUT2D eigenvalue weighted by molar-refractivity contribution is 6.30. The molecule has 1 N–H and O–H groups in total. The van der Waals surface area contributed by atoms with Crippen molar-refractivity contribution in [2.24, 2.45) is 0 Å². The number of benzene rings is 1. The first-order chi connectivity index (χ1) is 15.6. The minimum atomic E-state index is -5.09. The van der Waals surface area contributed by atoms with Crippen molar-refractivity contribution in [3.8, 4) is 0 Å². The molecule has 3 aromatic heterocycles. The van der Waals surface area contributed by atoms with Gasteiger partial charge in [-0.15, -0.1) is 10.2 Å². The third kappa shape index (κ3) is 4.63. The second-order valence-corrected chi connectivity index (χ2v) is 7.62. The first-order valence-electron chi connectivity index (χ1n) is 9.75. The molecule has 1 amide bonds. The van der Waals surface area contributed by atoms with Gasteiger partial charge in [0, 0.05) is 11.6 Å². The zero-order valence-electron chi connectivity index (χ0n) is 17.2. The summed E-state index contributed by atoms with van der Waals surface area (Å²) >= 11 is 6.10. The van der Waals surface area contributed by atoms with Gasteiger partial charge in [0.1, 0.15) is 18.1 Å². The number of pyridine rings is 1. The van der Waals surface area contributed by atoms with E-state index in [1.807, 2.05) is 12.1 Å². The standard InChI is InChI=1S/C21H17ClF3N5O3/c1-12-27-28-18-6-5-15-16(30(12)18)10-17(29(15)11-13-3-2-4-14(22)9-13)19(31)26-7-8-33-20(32)21(23,24)25/h2-6,9-10H,7-8,11H2,1H3,(H,26,31). The van der Waals surface area contributed by atoms with Crippen LogP contribution in [0.25, 0.3) is 16.7 Å². The quantitative estimate of drug-likeness (QED) is 0.337. The van der Waals surface area contributed by atoms with Crippen LogP contribution in [0.5, 0.6) is 0 Å². The molecule has 172 valence electrons. The maximum atomic E-state index is 12.9. The topological polar surface area (TPSA) is 90.5 Å². The Labute approximate surface area is 189 Å². The molecule has 1 aromatic carbocycles. The number of rotatable bonds is 6. The molecule has 0 spiro atoms. The number of aryl methyl sites for hydroxylation is 1. The zero-order valence-corrected chi connectivity index (χ0v) is 17.9. The average Bonchev–Trinajstić information content (AvgIpc) is 3.31. The highest BCUT2D eigenvalue weighted by Gasteiger charge is 2.40. The number of hydrogen-bond acceptors (Lipinski definition) is 5. The molecule has 0 aliphatic rings. The number of amides is 1. The largest absolute Gasteiger partial charge is 0.490 e. The number of aromatic nitrogens is 4. The molecule has 0 radical (unpaired) electrons. The van der Waals surface area contributed by atoms with Gasteiger partial charge in [-0.25, -0.2) is 4.79 Å². The van der Waals surface area contributed by atoms with Crippen molar-refractivity contribution in [2.75, 3.05) is 13.2 Å². The Hall–Kier alpha value is -3.60. The molecule has 0 aliphatic heterocycles.